The van der Waals surface area contributed by atoms with Gasteiger partial charge in [0.05, 0.1) is 6.61 Å². The Morgan fingerprint density at radius 2 is 2.21 bits per heavy atom. The lowest BCUT2D eigenvalue weighted by molar-refractivity contribution is 0.319. The maximum Gasteiger partial charge on any atom is 0.268 e. The van der Waals surface area contributed by atoms with E-state index in [1.54, 1.807) is 6.08 Å². The summed E-state index contributed by atoms with van der Waals surface area (Å²) < 4.78 is 4.94. The zero-order chi connectivity index (χ0) is 10.6. The summed E-state index contributed by atoms with van der Waals surface area (Å²) in [5, 5.41) is 3.06. The summed E-state index contributed by atoms with van der Waals surface area (Å²) >= 11 is 0. The van der Waals surface area contributed by atoms with Crippen molar-refractivity contribution in [2.24, 2.45) is 5.11 Å². The summed E-state index contributed by atoms with van der Waals surface area (Å²) in [6.45, 7) is 3.70. The van der Waals surface area contributed by atoms with E-state index in [-0.39, 0.29) is 18.0 Å². The van der Waals surface area contributed by atoms with Crippen LogP contribution in [0.4, 0.5) is 5.69 Å². The molecule has 0 amide bonds. The molecular weight excluding hydrogens is 186 g/mol. The molecule has 0 heterocycles. The van der Waals surface area contributed by atoms with Gasteiger partial charge in [0.25, 0.3) is 5.43 Å². The maximum atomic E-state index is 10.9. The summed E-state index contributed by atoms with van der Waals surface area (Å²) in [6.07, 6.45) is 2.16. The lowest BCUT2D eigenvalue weighted by Crippen LogP contribution is -2.31. The lowest BCUT2D eigenvalue weighted by Gasteiger charge is -2.07. The highest BCUT2D eigenvalue weighted by Crippen LogP contribution is 2.20. The van der Waals surface area contributed by atoms with Gasteiger partial charge in [-0.1, -0.05) is 11.2 Å². The van der Waals surface area contributed by atoms with Crippen LogP contribution in [0.5, 0.6) is 5.75 Å². The molecule has 6 nitrogen and oxygen atoms in total. The quantitative estimate of drug-likeness (QED) is 0.175. The first-order valence-electron chi connectivity index (χ1n) is 3.84. The smallest absolute Gasteiger partial charge is 0.268 e. The molecule has 0 spiro atoms. The van der Waals surface area contributed by atoms with Crippen LogP contribution in [0.25, 0.3) is 10.4 Å². The van der Waals surface area contributed by atoms with Gasteiger partial charge in [0.2, 0.25) is 5.43 Å². The second kappa shape index (κ2) is 4.25. The third-order valence-electron chi connectivity index (χ3n) is 1.56. The Balaban J connectivity index is 2.82. The van der Waals surface area contributed by atoms with Gasteiger partial charge in [-0.25, -0.2) is 0 Å². The third-order valence-corrected chi connectivity index (χ3v) is 1.56. The molecule has 0 atom stereocenters. The van der Waals surface area contributed by atoms with Crippen molar-refractivity contribution in [3.05, 3.63) is 43.5 Å². The van der Waals surface area contributed by atoms with Gasteiger partial charge in [-0.15, -0.1) is 6.58 Å². The van der Waals surface area contributed by atoms with Crippen molar-refractivity contribution in [1.29, 1.82) is 0 Å². The van der Waals surface area contributed by atoms with E-state index in [1.165, 1.54) is 0 Å². The van der Waals surface area contributed by atoms with Crippen molar-refractivity contribution in [1.82, 2.24) is 0 Å². The van der Waals surface area contributed by atoms with Crippen molar-refractivity contribution >= 4 is 5.69 Å². The minimum Gasteiger partial charge on any atom is -0.488 e. The predicted octanol–water partition coefficient (Wildman–Crippen LogP) is 1.18. The van der Waals surface area contributed by atoms with Crippen LogP contribution in [0.2, 0.25) is 0 Å². The highest BCUT2D eigenvalue weighted by Gasteiger charge is 2.20. The molecule has 0 saturated heterocycles. The van der Waals surface area contributed by atoms with Crippen molar-refractivity contribution in [3.63, 3.8) is 0 Å². The molecule has 1 aromatic rings. The molecule has 0 aromatic heterocycles. The number of hydrogen-bond donors (Lipinski definition) is 0. The maximum absolute atomic E-state index is 10.9. The predicted molar refractivity (Wildman–Crippen MR) is 50.5 cm³/mol. The van der Waals surface area contributed by atoms with Crippen LogP contribution in [-0.4, -0.2) is 6.61 Å². The van der Waals surface area contributed by atoms with Gasteiger partial charge in [-0.3, -0.25) is 9.59 Å². The third kappa shape index (κ3) is 1.65. The number of nitrogens with zero attached hydrogens (tertiary/aromatic N) is 3. The van der Waals surface area contributed by atoms with Crippen LogP contribution in [-0.2, 0) is 0 Å². The van der Waals surface area contributed by atoms with Gasteiger partial charge in [-0.05, 0) is 12.0 Å². The average molecular weight is 193 g/mol. The van der Waals surface area contributed by atoms with Gasteiger partial charge in [-0.2, -0.15) is 0 Å². The number of rotatable bonds is 5. The van der Waals surface area contributed by atoms with E-state index in [0.29, 0.717) is 6.42 Å². The van der Waals surface area contributed by atoms with Crippen molar-refractivity contribution < 1.29 is 4.74 Å². The largest absolute Gasteiger partial charge is 0.488 e. The average Bonchev–Trinajstić information content (AvgIpc) is 2.21. The molecule has 0 saturated carbocycles. The Morgan fingerprint density at radius 3 is 2.79 bits per heavy atom. The highest BCUT2D eigenvalue weighted by molar-refractivity contribution is 5.57. The fourth-order valence-corrected chi connectivity index (χ4v) is 0.873. The summed E-state index contributed by atoms with van der Waals surface area (Å²) in [6, 6.07) is 0. The molecule has 14 heavy (non-hydrogen) atoms. The van der Waals surface area contributed by atoms with Crippen LogP contribution in [0.1, 0.15) is 6.42 Å². The molecule has 72 valence electrons. The second-order valence-corrected chi connectivity index (χ2v) is 2.45. The molecule has 0 fully saturated rings. The van der Waals surface area contributed by atoms with Crippen LogP contribution >= 0.6 is 0 Å². The lowest BCUT2D eigenvalue weighted by atomic mass is 10.2. The minimum absolute atomic E-state index is 0.144. The van der Waals surface area contributed by atoms with Crippen LogP contribution in [0.3, 0.4) is 0 Å². The number of hydrogen-bond acceptors (Lipinski definition) is 4. The Hall–Kier alpha value is -2.07. The molecule has 0 aliphatic carbocycles. The molecule has 1 rings (SSSR count). The van der Waals surface area contributed by atoms with Gasteiger partial charge in [0, 0.05) is 4.91 Å². The molecule has 0 unspecified atom stereocenters. The monoisotopic (exact) mass is 193 g/mol. The number of ether oxygens (including phenoxy) is 1. The van der Waals surface area contributed by atoms with Crippen molar-refractivity contribution in [3.8, 4) is 5.75 Å². The van der Waals surface area contributed by atoms with E-state index in [9.17, 15) is 9.59 Å². The van der Waals surface area contributed by atoms with Crippen molar-refractivity contribution in [2.45, 2.75) is 6.42 Å². The second-order valence-electron chi connectivity index (χ2n) is 2.45. The first-order valence-corrected chi connectivity index (χ1v) is 3.84. The molecule has 1 aromatic carbocycles. The molecule has 0 N–H and O–H groups in total. The normalized spacial score (nSPS) is 9.43. The van der Waals surface area contributed by atoms with Crippen molar-refractivity contribution in [2.75, 3.05) is 6.61 Å². The van der Waals surface area contributed by atoms with E-state index in [2.05, 4.69) is 16.6 Å². The summed E-state index contributed by atoms with van der Waals surface area (Å²) in [7, 11) is 0. The summed E-state index contributed by atoms with van der Waals surface area (Å²) in [4.78, 5) is 24.1. The molecular formula is C8H7N3O3. The zero-order valence-corrected chi connectivity index (χ0v) is 7.27. The van der Waals surface area contributed by atoms with Crippen LogP contribution in [0, 0.1) is 0 Å². The van der Waals surface area contributed by atoms with E-state index in [4.69, 9.17) is 10.3 Å². The Morgan fingerprint density at radius 1 is 1.50 bits per heavy atom. The molecule has 0 aliphatic heterocycles. The SMILES string of the molecule is C=CCCOc1c(N=[N+]=[N-])c(=O)c1=O. The molecule has 0 radical (unpaired) electrons. The first kappa shape index (κ1) is 10.0. The highest BCUT2D eigenvalue weighted by atomic mass is 16.5. The standard InChI is InChI=1S/C8H7N3O3/c1-2-3-4-14-8-5(10-11-9)6(12)7(8)13/h2H,1,3-4H2. The van der Waals surface area contributed by atoms with Crippen LogP contribution in [0.15, 0.2) is 27.4 Å². The number of azide groups is 1. The van der Waals surface area contributed by atoms with Crippen LogP contribution < -0.4 is 15.6 Å². The van der Waals surface area contributed by atoms with Gasteiger partial charge >= 0.3 is 0 Å². The molecule has 0 bridgehead atoms. The van der Waals surface area contributed by atoms with E-state index >= 15 is 0 Å². The minimum atomic E-state index is -0.795. The van der Waals surface area contributed by atoms with E-state index in [1.807, 2.05) is 0 Å². The molecule has 6 heteroatoms. The Labute approximate surface area is 78.8 Å². The topological polar surface area (TPSA) is 92.1 Å². The first-order chi connectivity index (χ1) is 6.72. The Bertz CT molecular complexity index is 464. The van der Waals surface area contributed by atoms with E-state index < -0.39 is 10.9 Å². The summed E-state index contributed by atoms with van der Waals surface area (Å²) in [5.74, 6) is -0.144. The van der Waals surface area contributed by atoms with Gasteiger partial charge in [0.1, 0.15) is 5.69 Å². The fourth-order valence-electron chi connectivity index (χ4n) is 0.873. The zero-order valence-electron chi connectivity index (χ0n) is 7.27. The fraction of sp³-hybridized carbons (Fsp3) is 0.250. The van der Waals surface area contributed by atoms with Gasteiger partial charge in [0.15, 0.2) is 5.75 Å². The molecule has 0 aliphatic rings. The van der Waals surface area contributed by atoms with E-state index in [0.717, 1.165) is 0 Å². The Kier molecular flexibility index (Phi) is 3.04. The van der Waals surface area contributed by atoms with Gasteiger partial charge < -0.3 is 4.74 Å². The summed E-state index contributed by atoms with van der Waals surface area (Å²) in [5.41, 5.74) is 6.31.